The minimum atomic E-state index is -0.531. The molecule has 2 aromatic rings. The average Bonchev–Trinajstić information content (AvgIpc) is 2.55. The zero-order valence-electron chi connectivity index (χ0n) is 14.8. The van der Waals surface area contributed by atoms with E-state index in [4.69, 9.17) is 4.74 Å². The third-order valence-corrected chi connectivity index (χ3v) is 4.67. The summed E-state index contributed by atoms with van der Waals surface area (Å²) in [6.45, 7) is 8.09. The summed E-state index contributed by atoms with van der Waals surface area (Å²) in [4.78, 5) is 19.3. The molecule has 0 saturated carbocycles. The van der Waals surface area contributed by atoms with Gasteiger partial charge in [0, 0.05) is 35.9 Å². The van der Waals surface area contributed by atoms with Gasteiger partial charge in [-0.05, 0) is 33.2 Å². The molecule has 0 radical (unpaired) electrons. The van der Waals surface area contributed by atoms with Crippen LogP contribution in [-0.4, -0.2) is 48.6 Å². The van der Waals surface area contributed by atoms with Gasteiger partial charge in [-0.1, -0.05) is 24.3 Å². The standard InChI is InChI=1S/C19H25N3O2/c1-13-14-7-5-6-8-15(14)16(11-20-13)19(2,3)21-18(23)17-12-22(4)9-10-24-17/h5-8,11,17H,9-10,12H2,1-4H3,(H,21,23). The quantitative estimate of drug-likeness (QED) is 0.939. The van der Waals surface area contributed by atoms with Crippen LogP contribution in [-0.2, 0) is 15.1 Å². The zero-order valence-corrected chi connectivity index (χ0v) is 14.8. The van der Waals surface area contributed by atoms with E-state index in [0.29, 0.717) is 13.2 Å². The van der Waals surface area contributed by atoms with E-state index < -0.39 is 11.6 Å². The van der Waals surface area contributed by atoms with Gasteiger partial charge in [-0.25, -0.2) is 0 Å². The van der Waals surface area contributed by atoms with Crippen molar-refractivity contribution in [2.45, 2.75) is 32.4 Å². The van der Waals surface area contributed by atoms with Gasteiger partial charge in [0.05, 0.1) is 12.1 Å². The summed E-state index contributed by atoms with van der Waals surface area (Å²) in [6, 6.07) is 8.18. The Kier molecular flexibility index (Phi) is 4.56. The summed E-state index contributed by atoms with van der Waals surface area (Å²) in [5.41, 5.74) is 1.48. The predicted octanol–water partition coefficient (Wildman–Crippen LogP) is 2.23. The van der Waals surface area contributed by atoms with Crippen molar-refractivity contribution in [3.8, 4) is 0 Å². The molecule has 24 heavy (non-hydrogen) atoms. The van der Waals surface area contributed by atoms with Crippen molar-refractivity contribution in [1.82, 2.24) is 15.2 Å². The second kappa shape index (κ2) is 6.49. The Bertz CT molecular complexity index is 757. The number of fused-ring (bicyclic) bond motifs is 1. The highest BCUT2D eigenvalue weighted by atomic mass is 16.5. The van der Waals surface area contributed by atoms with E-state index in [9.17, 15) is 4.79 Å². The summed E-state index contributed by atoms with van der Waals surface area (Å²) in [7, 11) is 2.01. The molecule has 128 valence electrons. The maximum atomic E-state index is 12.7. The number of nitrogens with one attached hydrogen (secondary N) is 1. The Hall–Kier alpha value is -1.98. The molecule has 5 nitrogen and oxygen atoms in total. The van der Waals surface area contributed by atoms with Gasteiger partial charge in [0.2, 0.25) is 0 Å². The highest BCUT2D eigenvalue weighted by Gasteiger charge is 2.31. The lowest BCUT2D eigenvalue weighted by Gasteiger charge is -2.33. The minimum absolute atomic E-state index is 0.0730. The fourth-order valence-electron chi connectivity index (χ4n) is 3.22. The largest absolute Gasteiger partial charge is 0.366 e. The van der Waals surface area contributed by atoms with Crippen molar-refractivity contribution in [1.29, 1.82) is 0 Å². The Morgan fingerprint density at radius 2 is 2.04 bits per heavy atom. The first-order chi connectivity index (χ1) is 11.4. The number of benzene rings is 1. The second-order valence-corrected chi connectivity index (χ2v) is 7.04. The van der Waals surface area contributed by atoms with E-state index in [1.54, 1.807) is 0 Å². The molecule has 1 N–H and O–H groups in total. The second-order valence-electron chi connectivity index (χ2n) is 7.04. The molecule has 1 fully saturated rings. The van der Waals surface area contributed by atoms with Crippen LogP contribution in [0.1, 0.15) is 25.1 Å². The van der Waals surface area contributed by atoms with Crippen LogP contribution in [0.2, 0.25) is 0 Å². The lowest BCUT2D eigenvalue weighted by Crippen LogP contribution is -2.52. The third-order valence-electron chi connectivity index (χ3n) is 4.67. The first-order valence-electron chi connectivity index (χ1n) is 8.35. The topological polar surface area (TPSA) is 54.5 Å². The highest BCUT2D eigenvalue weighted by Crippen LogP contribution is 2.29. The number of carbonyl (C=O) groups is 1. The molecule has 1 aromatic heterocycles. The van der Waals surface area contributed by atoms with E-state index in [-0.39, 0.29) is 5.91 Å². The van der Waals surface area contributed by atoms with E-state index in [1.165, 1.54) is 0 Å². The Labute approximate surface area is 143 Å². The third kappa shape index (κ3) is 3.28. The molecule has 1 unspecified atom stereocenters. The van der Waals surface area contributed by atoms with Crippen molar-refractivity contribution in [2.75, 3.05) is 26.7 Å². The number of amides is 1. The van der Waals surface area contributed by atoms with Gasteiger partial charge in [0.1, 0.15) is 6.10 Å². The van der Waals surface area contributed by atoms with Gasteiger partial charge in [0.15, 0.2) is 0 Å². The van der Waals surface area contributed by atoms with E-state index in [0.717, 1.165) is 28.6 Å². The van der Waals surface area contributed by atoms with Crippen LogP contribution >= 0.6 is 0 Å². The number of hydrogen-bond acceptors (Lipinski definition) is 4. The summed E-state index contributed by atoms with van der Waals surface area (Å²) in [5, 5.41) is 5.38. The average molecular weight is 327 g/mol. The molecule has 1 aliphatic heterocycles. The molecule has 0 bridgehead atoms. The predicted molar refractivity (Wildman–Crippen MR) is 94.9 cm³/mol. The molecule has 1 aromatic carbocycles. The molecule has 2 heterocycles. The molecule has 5 heteroatoms. The van der Waals surface area contributed by atoms with Gasteiger partial charge in [0.25, 0.3) is 5.91 Å². The first-order valence-corrected chi connectivity index (χ1v) is 8.35. The van der Waals surface area contributed by atoms with Crippen LogP contribution in [0.15, 0.2) is 30.5 Å². The number of hydrogen-bond donors (Lipinski definition) is 1. The summed E-state index contributed by atoms with van der Waals surface area (Å²) >= 11 is 0. The van der Waals surface area contributed by atoms with Crippen molar-refractivity contribution in [2.24, 2.45) is 0 Å². The van der Waals surface area contributed by atoms with Crippen LogP contribution in [0.5, 0.6) is 0 Å². The molecular weight excluding hydrogens is 302 g/mol. The van der Waals surface area contributed by atoms with Gasteiger partial charge in [-0.15, -0.1) is 0 Å². The Morgan fingerprint density at radius 3 is 2.75 bits per heavy atom. The van der Waals surface area contributed by atoms with Crippen LogP contribution < -0.4 is 5.32 Å². The zero-order chi connectivity index (χ0) is 17.3. The minimum Gasteiger partial charge on any atom is -0.366 e. The van der Waals surface area contributed by atoms with E-state index in [2.05, 4.69) is 27.3 Å². The summed E-state index contributed by atoms with van der Waals surface area (Å²) < 4.78 is 5.63. The molecule has 1 atom stereocenters. The number of rotatable bonds is 3. The molecular formula is C19H25N3O2. The van der Waals surface area contributed by atoms with Crippen molar-refractivity contribution in [3.63, 3.8) is 0 Å². The van der Waals surface area contributed by atoms with Gasteiger partial charge in [-0.2, -0.15) is 0 Å². The number of pyridine rings is 1. The molecule has 0 spiro atoms. The lowest BCUT2D eigenvalue weighted by atomic mass is 9.90. The van der Waals surface area contributed by atoms with Gasteiger partial charge >= 0.3 is 0 Å². The van der Waals surface area contributed by atoms with E-state index >= 15 is 0 Å². The molecule has 1 amide bonds. The number of aromatic nitrogens is 1. The van der Waals surface area contributed by atoms with Crippen LogP contribution in [0.25, 0.3) is 10.8 Å². The number of likely N-dealkylation sites (N-methyl/N-ethyl adjacent to an activating group) is 1. The van der Waals surface area contributed by atoms with Gasteiger partial charge in [-0.3, -0.25) is 9.78 Å². The van der Waals surface area contributed by atoms with Gasteiger partial charge < -0.3 is 15.0 Å². The number of nitrogens with zero attached hydrogens (tertiary/aromatic N) is 2. The molecule has 1 saturated heterocycles. The SMILES string of the molecule is Cc1ncc(C(C)(C)NC(=O)C2CN(C)CCO2)c2ccccc12. The maximum absolute atomic E-state index is 12.7. The lowest BCUT2D eigenvalue weighted by molar-refractivity contribution is -0.139. The monoisotopic (exact) mass is 327 g/mol. The number of carbonyl (C=O) groups excluding carboxylic acids is 1. The molecule has 1 aliphatic rings. The highest BCUT2D eigenvalue weighted by molar-refractivity contribution is 5.89. The fourth-order valence-corrected chi connectivity index (χ4v) is 3.22. The number of morpholine rings is 1. The Morgan fingerprint density at radius 1 is 1.33 bits per heavy atom. The van der Waals surface area contributed by atoms with Crippen LogP contribution in [0, 0.1) is 6.92 Å². The van der Waals surface area contributed by atoms with Crippen molar-refractivity contribution < 1.29 is 9.53 Å². The Balaban J connectivity index is 1.88. The van der Waals surface area contributed by atoms with Crippen LogP contribution in [0.4, 0.5) is 0 Å². The number of aryl methyl sites for hydroxylation is 1. The van der Waals surface area contributed by atoms with Crippen molar-refractivity contribution >= 4 is 16.7 Å². The van der Waals surface area contributed by atoms with E-state index in [1.807, 2.05) is 46.1 Å². The fraction of sp³-hybridized carbons (Fsp3) is 0.474. The number of ether oxygens (including phenoxy) is 1. The molecule has 3 rings (SSSR count). The summed E-state index contributed by atoms with van der Waals surface area (Å²) in [6.07, 6.45) is 1.44. The van der Waals surface area contributed by atoms with Crippen LogP contribution in [0.3, 0.4) is 0 Å². The normalized spacial score (nSPS) is 19.4. The molecule has 0 aliphatic carbocycles. The maximum Gasteiger partial charge on any atom is 0.251 e. The summed E-state index contributed by atoms with van der Waals surface area (Å²) in [5.74, 6) is -0.0730. The first kappa shape index (κ1) is 16.9. The van der Waals surface area contributed by atoms with Crippen molar-refractivity contribution in [3.05, 3.63) is 41.7 Å². The smallest absolute Gasteiger partial charge is 0.251 e.